The van der Waals surface area contributed by atoms with Crippen molar-refractivity contribution in [2.45, 2.75) is 13.8 Å². The molecule has 0 heterocycles. The molecule has 21 heavy (non-hydrogen) atoms. The fourth-order valence-corrected chi connectivity index (χ4v) is 1.98. The lowest BCUT2D eigenvalue weighted by molar-refractivity contribution is -0.140. The second-order valence-corrected chi connectivity index (χ2v) is 5.42. The van der Waals surface area contributed by atoms with Crippen molar-refractivity contribution in [1.82, 2.24) is 4.90 Å². The van der Waals surface area contributed by atoms with Gasteiger partial charge in [0.1, 0.15) is 5.75 Å². The third-order valence-electron chi connectivity index (χ3n) is 3.25. The molecule has 5 nitrogen and oxygen atoms in total. The maximum absolute atomic E-state index is 11.1. The van der Waals surface area contributed by atoms with Gasteiger partial charge in [-0.15, -0.1) is 0 Å². The Kier molecular flexibility index (Phi) is 7.02. The van der Waals surface area contributed by atoms with Crippen LogP contribution in [0.3, 0.4) is 0 Å². The molecule has 1 unspecified atom stereocenters. The second-order valence-electron chi connectivity index (χ2n) is 5.42. The van der Waals surface area contributed by atoms with Crippen molar-refractivity contribution in [1.29, 1.82) is 0 Å². The molecule has 0 bridgehead atoms. The van der Waals surface area contributed by atoms with Gasteiger partial charge >= 0.3 is 5.97 Å². The number of aliphatic carboxylic acids is 1. The molecule has 0 fully saturated rings. The van der Waals surface area contributed by atoms with Crippen LogP contribution < -0.4 is 9.64 Å². The zero-order valence-corrected chi connectivity index (χ0v) is 13.4. The molecule has 0 radical (unpaired) electrons. The van der Waals surface area contributed by atoms with Gasteiger partial charge in [-0.3, -0.25) is 4.79 Å². The zero-order chi connectivity index (χ0) is 15.8. The van der Waals surface area contributed by atoms with Crippen LogP contribution in [0.1, 0.15) is 13.8 Å². The fourth-order valence-electron chi connectivity index (χ4n) is 1.98. The van der Waals surface area contributed by atoms with Gasteiger partial charge in [0.2, 0.25) is 0 Å². The van der Waals surface area contributed by atoms with Crippen molar-refractivity contribution < 1.29 is 14.6 Å². The standard InChI is InChI=1S/C16H26N2O3/c1-5-21-15-8-6-14(7-9-15)18(11-10-17(3)4)12-13(2)16(19)20/h6-9,13H,5,10-12H2,1-4H3,(H,19,20). The van der Waals surface area contributed by atoms with Crippen LogP contribution in [0, 0.1) is 5.92 Å². The predicted octanol–water partition coefficient (Wildman–Crippen LogP) is 2.17. The highest BCUT2D eigenvalue weighted by Crippen LogP contribution is 2.20. The van der Waals surface area contributed by atoms with Crippen molar-refractivity contribution in [2.24, 2.45) is 5.92 Å². The van der Waals surface area contributed by atoms with Crippen LogP contribution in [-0.2, 0) is 4.79 Å². The molecule has 1 atom stereocenters. The second kappa shape index (κ2) is 8.52. The van der Waals surface area contributed by atoms with E-state index in [1.807, 2.05) is 45.3 Å². The summed E-state index contributed by atoms with van der Waals surface area (Å²) in [7, 11) is 4.02. The number of likely N-dealkylation sites (N-methyl/N-ethyl adjacent to an activating group) is 1. The number of anilines is 1. The van der Waals surface area contributed by atoms with Crippen molar-refractivity contribution in [3.63, 3.8) is 0 Å². The third-order valence-corrected chi connectivity index (χ3v) is 3.25. The predicted molar refractivity (Wildman–Crippen MR) is 85.2 cm³/mol. The maximum Gasteiger partial charge on any atom is 0.308 e. The number of hydrogen-bond donors (Lipinski definition) is 1. The largest absolute Gasteiger partial charge is 0.494 e. The number of carbonyl (C=O) groups is 1. The first kappa shape index (κ1) is 17.3. The molecule has 0 aliphatic rings. The van der Waals surface area contributed by atoms with E-state index in [1.54, 1.807) is 6.92 Å². The van der Waals surface area contributed by atoms with E-state index in [0.29, 0.717) is 13.2 Å². The topological polar surface area (TPSA) is 53.0 Å². The Hall–Kier alpha value is -1.75. The van der Waals surface area contributed by atoms with Crippen molar-refractivity contribution >= 4 is 11.7 Å². The first-order chi connectivity index (χ1) is 9.93. The Morgan fingerprint density at radius 1 is 1.24 bits per heavy atom. The Morgan fingerprint density at radius 3 is 2.33 bits per heavy atom. The monoisotopic (exact) mass is 294 g/mol. The van der Waals surface area contributed by atoms with Crippen molar-refractivity contribution in [2.75, 3.05) is 45.2 Å². The first-order valence-electron chi connectivity index (χ1n) is 7.29. The zero-order valence-electron chi connectivity index (χ0n) is 13.4. The third kappa shape index (κ3) is 6.04. The van der Waals surface area contributed by atoms with Gasteiger partial charge in [-0.1, -0.05) is 6.92 Å². The molecule has 0 aromatic heterocycles. The number of ether oxygens (including phenoxy) is 1. The van der Waals surface area contributed by atoms with Gasteiger partial charge in [0.05, 0.1) is 12.5 Å². The highest BCUT2D eigenvalue weighted by Gasteiger charge is 2.16. The summed E-state index contributed by atoms with van der Waals surface area (Å²) in [6.45, 7) is 6.49. The molecule has 118 valence electrons. The molecule has 0 aliphatic carbocycles. The quantitative estimate of drug-likeness (QED) is 0.756. The number of carboxylic acid groups (broad SMARTS) is 1. The average molecular weight is 294 g/mol. The highest BCUT2D eigenvalue weighted by atomic mass is 16.5. The van der Waals surface area contributed by atoms with Gasteiger partial charge in [0, 0.05) is 25.3 Å². The van der Waals surface area contributed by atoms with Crippen LogP contribution in [0.4, 0.5) is 5.69 Å². The Labute approximate surface area is 127 Å². The highest BCUT2D eigenvalue weighted by molar-refractivity contribution is 5.70. The maximum atomic E-state index is 11.1. The fraction of sp³-hybridized carbons (Fsp3) is 0.562. The molecule has 0 amide bonds. The first-order valence-corrected chi connectivity index (χ1v) is 7.29. The Balaban J connectivity index is 2.80. The van der Waals surface area contributed by atoms with Gasteiger partial charge in [-0.2, -0.15) is 0 Å². The van der Waals surface area contributed by atoms with Crippen LogP contribution in [-0.4, -0.2) is 56.3 Å². The summed E-state index contributed by atoms with van der Waals surface area (Å²) in [5.74, 6) is -0.338. The molecule has 0 saturated heterocycles. The summed E-state index contributed by atoms with van der Waals surface area (Å²) in [5.41, 5.74) is 1.02. The van der Waals surface area contributed by atoms with Crippen LogP contribution in [0.5, 0.6) is 5.75 Å². The van der Waals surface area contributed by atoms with Crippen LogP contribution >= 0.6 is 0 Å². The molecule has 1 aromatic rings. The van der Waals surface area contributed by atoms with E-state index in [0.717, 1.165) is 24.5 Å². The average Bonchev–Trinajstić information content (AvgIpc) is 2.44. The molecule has 1 N–H and O–H groups in total. The SMILES string of the molecule is CCOc1ccc(N(CCN(C)C)CC(C)C(=O)O)cc1. The summed E-state index contributed by atoms with van der Waals surface area (Å²) < 4.78 is 5.44. The Morgan fingerprint density at radius 2 is 1.86 bits per heavy atom. The lowest BCUT2D eigenvalue weighted by atomic mass is 10.1. The van der Waals surface area contributed by atoms with Gasteiger partial charge in [-0.05, 0) is 45.3 Å². The molecule has 0 saturated carbocycles. The molecule has 1 aromatic carbocycles. The summed E-state index contributed by atoms with van der Waals surface area (Å²) >= 11 is 0. The molecule has 1 rings (SSSR count). The van der Waals surface area contributed by atoms with Gasteiger partial charge in [0.25, 0.3) is 0 Å². The van der Waals surface area contributed by atoms with E-state index in [9.17, 15) is 4.79 Å². The molecule has 0 aliphatic heterocycles. The van der Waals surface area contributed by atoms with Crippen molar-refractivity contribution in [3.05, 3.63) is 24.3 Å². The summed E-state index contributed by atoms with van der Waals surface area (Å²) in [6.07, 6.45) is 0. The van der Waals surface area contributed by atoms with E-state index in [-0.39, 0.29) is 0 Å². The molecule has 5 heteroatoms. The summed E-state index contributed by atoms with van der Waals surface area (Å²) in [5, 5.41) is 9.11. The van der Waals surface area contributed by atoms with Crippen LogP contribution in [0.2, 0.25) is 0 Å². The smallest absolute Gasteiger partial charge is 0.308 e. The summed E-state index contributed by atoms with van der Waals surface area (Å²) in [6, 6.07) is 7.81. The van der Waals surface area contributed by atoms with Gasteiger partial charge < -0.3 is 19.6 Å². The normalized spacial score (nSPS) is 12.2. The number of benzene rings is 1. The van der Waals surface area contributed by atoms with Crippen molar-refractivity contribution in [3.8, 4) is 5.75 Å². The minimum Gasteiger partial charge on any atom is -0.494 e. The summed E-state index contributed by atoms with van der Waals surface area (Å²) in [4.78, 5) is 15.3. The van der Waals surface area contributed by atoms with E-state index in [1.165, 1.54) is 0 Å². The Bertz CT molecular complexity index is 432. The molecular weight excluding hydrogens is 268 g/mol. The van der Waals surface area contributed by atoms with Gasteiger partial charge in [0.15, 0.2) is 0 Å². The lowest BCUT2D eigenvalue weighted by Crippen LogP contribution is -2.36. The van der Waals surface area contributed by atoms with Crippen LogP contribution in [0.25, 0.3) is 0 Å². The number of rotatable bonds is 9. The minimum absolute atomic E-state index is 0.404. The van der Waals surface area contributed by atoms with E-state index in [4.69, 9.17) is 9.84 Å². The van der Waals surface area contributed by atoms with E-state index < -0.39 is 11.9 Å². The van der Waals surface area contributed by atoms with E-state index >= 15 is 0 Å². The lowest BCUT2D eigenvalue weighted by Gasteiger charge is -2.28. The minimum atomic E-state index is -0.768. The molecule has 0 spiro atoms. The molecular formula is C16H26N2O3. The number of nitrogens with zero attached hydrogens (tertiary/aromatic N) is 2. The van der Waals surface area contributed by atoms with Crippen LogP contribution in [0.15, 0.2) is 24.3 Å². The number of carboxylic acids is 1. The van der Waals surface area contributed by atoms with Gasteiger partial charge in [-0.25, -0.2) is 0 Å². The number of hydrogen-bond acceptors (Lipinski definition) is 4. The van der Waals surface area contributed by atoms with E-state index in [2.05, 4.69) is 9.80 Å².